The van der Waals surface area contributed by atoms with Gasteiger partial charge >= 0.3 is 0 Å². The van der Waals surface area contributed by atoms with Gasteiger partial charge in [-0.3, -0.25) is 4.79 Å². The van der Waals surface area contributed by atoms with Crippen LogP contribution in [0.2, 0.25) is 0 Å². The van der Waals surface area contributed by atoms with E-state index >= 15 is 0 Å². The van der Waals surface area contributed by atoms with E-state index in [-0.39, 0.29) is 10.6 Å². The van der Waals surface area contributed by atoms with Crippen molar-refractivity contribution in [1.29, 1.82) is 0 Å². The first kappa shape index (κ1) is 19.0. The molecule has 0 radical (unpaired) electrons. The molecule has 8 heteroatoms. The van der Waals surface area contributed by atoms with Gasteiger partial charge in [-0.15, -0.1) is 0 Å². The van der Waals surface area contributed by atoms with Crippen LogP contribution in [0.3, 0.4) is 0 Å². The van der Waals surface area contributed by atoms with E-state index in [1.54, 1.807) is 13.8 Å². The summed E-state index contributed by atoms with van der Waals surface area (Å²) in [7, 11) is -3.71. The summed E-state index contributed by atoms with van der Waals surface area (Å²) >= 11 is 0. The van der Waals surface area contributed by atoms with Gasteiger partial charge in [-0.1, -0.05) is 26.0 Å². The fraction of sp³-hybridized carbons (Fsp3) is 0.235. The fourth-order valence-corrected chi connectivity index (χ4v) is 3.86. The quantitative estimate of drug-likeness (QED) is 0.851. The van der Waals surface area contributed by atoms with Crippen LogP contribution in [0.25, 0.3) is 0 Å². The smallest absolute Gasteiger partial charge is 0.261 e. The number of nitrogens with zero attached hydrogens (tertiary/aromatic N) is 1. The second-order valence-corrected chi connectivity index (χ2v) is 7.11. The number of carbonyl (C=O) groups excluding carboxylic acids is 1. The number of rotatable bonds is 6. The summed E-state index contributed by atoms with van der Waals surface area (Å²) in [6, 6.07) is 8.64. The van der Waals surface area contributed by atoms with Gasteiger partial charge in [-0.05, 0) is 30.3 Å². The zero-order valence-corrected chi connectivity index (χ0v) is 14.6. The molecule has 25 heavy (non-hydrogen) atoms. The third-order valence-corrected chi connectivity index (χ3v) is 5.67. The summed E-state index contributed by atoms with van der Waals surface area (Å²) < 4.78 is 53.6. The molecule has 2 aromatic rings. The monoisotopic (exact) mass is 368 g/mol. The van der Waals surface area contributed by atoms with Crippen LogP contribution in [0.5, 0.6) is 0 Å². The third kappa shape index (κ3) is 4.02. The normalized spacial score (nSPS) is 11.6. The van der Waals surface area contributed by atoms with Crippen LogP contribution in [0, 0.1) is 11.6 Å². The van der Waals surface area contributed by atoms with Crippen LogP contribution in [-0.2, 0) is 10.0 Å². The van der Waals surface area contributed by atoms with Crippen molar-refractivity contribution < 1.29 is 22.0 Å². The van der Waals surface area contributed by atoms with Crippen LogP contribution < -0.4 is 5.32 Å². The molecule has 1 amide bonds. The first-order chi connectivity index (χ1) is 11.8. The molecule has 0 saturated carbocycles. The van der Waals surface area contributed by atoms with Crippen molar-refractivity contribution in [2.75, 3.05) is 18.4 Å². The number of amides is 1. The molecule has 0 saturated heterocycles. The summed E-state index contributed by atoms with van der Waals surface area (Å²) in [5, 5.41) is 2.33. The van der Waals surface area contributed by atoms with E-state index < -0.39 is 33.1 Å². The lowest BCUT2D eigenvalue weighted by molar-refractivity contribution is 0.101. The molecule has 0 bridgehead atoms. The number of nitrogens with one attached hydrogen (secondary N) is 1. The summed E-state index contributed by atoms with van der Waals surface area (Å²) in [6.45, 7) is 4.03. The van der Waals surface area contributed by atoms with E-state index in [1.165, 1.54) is 28.6 Å². The van der Waals surface area contributed by atoms with Crippen LogP contribution in [0.15, 0.2) is 47.4 Å². The topological polar surface area (TPSA) is 66.5 Å². The first-order valence-corrected chi connectivity index (χ1v) is 9.10. The third-order valence-electron chi connectivity index (χ3n) is 3.62. The Morgan fingerprint density at radius 1 is 1.04 bits per heavy atom. The Morgan fingerprint density at radius 2 is 1.60 bits per heavy atom. The molecular weight excluding hydrogens is 350 g/mol. The molecule has 134 valence electrons. The van der Waals surface area contributed by atoms with Crippen molar-refractivity contribution in [2.24, 2.45) is 0 Å². The van der Waals surface area contributed by atoms with Gasteiger partial charge in [0, 0.05) is 18.8 Å². The molecule has 1 N–H and O–H groups in total. The Kier molecular flexibility index (Phi) is 5.86. The Hall–Kier alpha value is -2.32. The molecule has 0 fully saturated rings. The number of hydrogen-bond acceptors (Lipinski definition) is 3. The van der Waals surface area contributed by atoms with Crippen LogP contribution in [-0.4, -0.2) is 31.7 Å². The number of hydrogen-bond donors (Lipinski definition) is 1. The number of halogens is 2. The minimum atomic E-state index is -3.71. The molecule has 0 aliphatic heterocycles. The van der Waals surface area contributed by atoms with E-state index in [0.717, 1.165) is 18.2 Å². The van der Waals surface area contributed by atoms with Gasteiger partial charge in [-0.25, -0.2) is 17.2 Å². The molecule has 2 rings (SSSR count). The number of sulfonamides is 1. The van der Waals surface area contributed by atoms with Crippen molar-refractivity contribution in [2.45, 2.75) is 18.7 Å². The van der Waals surface area contributed by atoms with Crippen LogP contribution >= 0.6 is 0 Å². The average molecular weight is 368 g/mol. The SMILES string of the molecule is CCN(CC)S(=O)(=O)c1cccc(NC(=O)c2c(F)cccc2F)c1. The standard InChI is InChI=1S/C17H18F2N2O3S/c1-3-21(4-2)25(23,24)13-8-5-7-12(11-13)20-17(22)16-14(18)9-6-10-15(16)19/h5-11H,3-4H2,1-2H3,(H,20,22). The van der Waals surface area contributed by atoms with E-state index in [2.05, 4.69) is 5.32 Å². The van der Waals surface area contributed by atoms with Gasteiger partial charge in [-0.2, -0.15) is 4.31 Å². The predicted octanol–water partition coefficient (Wildman–Crippen LogP) is 3.25. The van der Waals surface area contributed by atoms with Crippen molar-refractivity contribution in [3.05, 3.63) is 59.7 Å². The predicted molar refractivity (Wildman–Crippen MR) is 90.9 cm³/mol. The largest absolute Gasteiger partial charge is 0.322 e. The van der Waals surface area contributed by atoms with E-state index in [4.69, 9.17) is 0 Å². The maximum atomic E-state index is 13.7. The molecule has 0 aromatic heterocycles. The summed E-state index contributed by atoms with van der Waals surface area (Å²) in [5.74, 6) is -2.98. The highest BCUT2D eigenvalue weighted by Gasteiger charge is 2.22. The highest BCUT2D eigenvalue weighted by molar-refractivity contribution is 7.89. The number of anilines is 1. The highest BCUT2D eigenvalue weighted by Crippen LogP contribution is 2.21. The van der Waals surface area contributed by atoms with Crippen molar-refractivity contribution in [3.8, 4) is 0 Å². The lowest BCUT2D eigenvalue weighted by Crippen LogP contribution is -2.30. The van der Waals surface area contributed by atoms with Crippen LogP contribution in [0.1, 0.15) is 24.2 Å². The van der Waals surface area contributed by atoms with Gasteiger partial charge in [0.1, 0.15) is 17.2 Å². The highest BCUT2D eigenvalue weighted by atomic mass is 32.2. The molecule has 0 atom stereocenters. The summed E-state index contributed by atoms with van der Waals surface area (Å²) in [6.07, 6.45) is 0. The zero-order valence-electron chi connectivity index (χ0n) is 13.8. The minimum absolute atomic E-state index is 0.0111. The first-order valence-electron chi connectivity index (χ1n) is 7.66. The van der Waals surface area contributed by atoms with Crippen molar-refractivity contribution in [3.63, 3.8) is 0 Å². The molecule has 0 aliphatic carbocycles. The van der Waals surface area contributed by atoms with Crippen LogP contribution in [0.4, 0.5) is 14.5 Å². The Balaban J connectivity index is 2.33. The lowest BCUT2D eigenvalue weighted by Gasteiger charge is -2.18. The maximum absolute atomic E-state index is 13.7. The molecule has 0 aliphatic rings. The molecule has 5 nitrogen and oxygen atoms in total. The second-order valence-electron chi connectivity index (χ2n) is 5.17. The number of benzene rings is 2. The minimum Gasteiger partial charge on any atom is -0.322 e. The van der Waals surface area contributed by atoms with E-state index in [1.807, 2.05) is 0 Å². The molecule has 0 spiro atoms. The van der Waals surface area contributed by atoms with Gasteiger partial charge in [0.25, 0.3) is 5.91 Å². The maximum Gasteiger partial charge on any atom is 0.261 e. The van der Waals surface area contributed by atoms with Crippen molar-refractivity contribution in [1.82, 2.24) is 4.31 Å². The summed E-state index contributed by atoms with van der Waals surface area (Å²) in [4.78, 5) is 12.1. The van der Waals surface area contributed by atoms with Gasteiger partial charge in [0.05, 0.1) is 4.90 Å². The fourth-order valence-electron chi connectivity index (χ4n) is 2.36. The molecule has 0 unspecified atom stereocenters. The zero-order chi connectivity index (χ0) is 18.6. The van der Waals surface area contributed by atoms with Gasteiger partial charge in [0.2, 0.25) is 10.0 Å². The van der Waals surface area contributed by atoms with Gasteiger partial charge < -0.3 is 5.32 Å². The molecular formula is C17H18F2N2O3S. The van der Waals surface area contributed by atoms with E-state index in [9.17, 15) is 22.0 Å². The van der Waals surface area contributed by atoms with Gasteiger partial charge in [0.15, 0.2) is 0 Å². The summed E-state index contributed by atoms with van der Waals surface area (Å²) in [5.41, 5.74) is -0.597. The lowest BCUT2D eigenvalue weighted by atomic mass is 10.2. The van der Waals surface area contributed by atoms with E-state index in [0.29, 0.717) is 13.1 Å². The Morgan fingerprint density at radius 3 is 2.16 bits per heavy atom. The average Bonchev–Trinajstić information content (AvgIpc) is 2.55. The number of carbonyl (C=O) groups is 1. The molecule has 2 aromatic carbocycles. The molecule has 0 heterocycles. The Labute approximate surface area is 145 Å². The second kappa shape index (κ2) is 7.71. The van der Waals surface area contributed by atoms with Crippen molar-refractivity contribution >= 4 is 21.6 Å². The Bertz CT molecular complexity index is 861.